The topological polar surface area (TPSA) is 181 Å². The van der Waals surface area contributed by atoms with Crippen molar-refractivity contribution in [3.05, 3.63) is 39.3 Å². The van der Waals surface area contributed by atoms with E-state index in [9.17, 15) is 28.8 Å². The molecule has 2 aliphatic carbocycles. The van der Waals surface area contributed by atoms with Crippen LogP contribution in [0.5, 0.6) is 0 Å². The van der Waals surface area contributed by atoms with Gasteiger partial charge in [0.1, 0.15) is 23.2 Å². The minimum Gasteiger partial charge on any atom is -0.353 e. The van der Waals surface area contributed by atoms with Crippen LogP contribution >= 0.6 is 11.5 Å². The molecule has 2 fully saturated rings. The molecule has 0 aromatic carbocycles. The number of hydrogen-bond donors (Lipinski definition) is 4. The van der Waals surface area contributed by atoms with Gasteiger partial charge < -0.3 is 25.8 Å². The molecule has 2 heterocycles. The summed E-state index contributed by atoms with van der Waals surface area (Å²) in [4.78, 5) is 76.2. The summed E-state index contributed by atoms with van der Waals surface area (Å²) < 4.78 is 4.93. The van der Waals surface area contributed by atoms with Crippen molar-refractivity contribution in [2.45, 2.75) is 78.4 Å². The maximum Gasteiger partial charge on any atom is 0.287 e. The standard InChI is InChI=1S/C28H37N7O6S/c1-15-22(42-34-33-15)25(40)30-17(8-9-19(36)24(39)29-5)23(38)31-18-7-6-12-35(26(18)41)14-21(37)32-20-13-16-10-11-28(20,4)27(16,2)3/h6-7,12,16-17,20H,8-11,13-14H2,1-5H3,(H,29,39)(H,30,40)(H,31,38)(H,32,37)/t16?,17-,20?,28-/m0/s1. The molecule has 2 unspecified atom stereocenters. The lowest BCUT2D eigenvalue weighted by atomic mass is 9.69. The molecule has 2 aliphatic rings. The van der Waals surface area contributed by atoms with E-state index in [-0.39, 0.29) is 52.7 Å². The quantitative estimate of drug-likeness (QED) is 0.278. The minimum atomic E-state index is -1.26. The van der Waals surface area contributed by atoms with Gasteiger partial charge in [0.2, 0.25) is 17.6 Å². The molecule has 2 aromatic heterocycles. The SMILES string of the molecule is CNC(=O)C(=O)CC[C@H](NC(=O)c1snnc1C)C(=O)Nc1cccn(CC(=O)NC2CC3CC[C@]2(C)C3(C)C)c1=O. The van der Waals surface area contributed by atoms with E-state index in [0.29, 0.717) is 11.6 Å². The normalized spacial score (nSPS) is 22.7. The summed E-state index contributed by atoms with van der Waals surface area (Å²) in [5, 5.41) is 14.2. The van der Waals surface area contributed by atoms with Gasteiger partial charge in [0, 0.05) is 25.7 Å². The first-order valence-electron chi connectivity index (χ1n) is 13.9. The van der Waals surface area contributed by atoms with Crippen LogP contribution < -0.4 is 26.8 Å². The predicted molar refractivity (Wildman–Crippen MR) is 155 cm³/mol. The molecule has 226 valence electrons. The zero-order chi connectivity index (χ0) is 30.8. The summed E-state index contributed by atoms with van der Waals surface area (Å²) >= 11 is 0.846. The monoisotopic (exact) mass is 599 g/mol. The van der Waals surface area contributed by atoms with Crippen LogP contribution in [0, 0.1) is 23.7 Å². The summed E-state index contributed by atoms with van der Waals surface area (Å²) in [6.07, 6.45) is 4.05. The number of nitrogens with one attached hydrogen (secondary N) is 4. The fourth-order valence-electron chi connectivity index (χ4n) is 6.25. The fraction of sp³-hybridized carbons (Fsp3) is 0.571. The van der Waals surface area contributed by atoms with Crippen molar-refractivity contribution in [1.82, 2.24) is 30.1 Å². The van der Waals surface area contributed by atoms with Crippen LogP contribution in [0.15, 0.2) is 23.1 Å². The summed E-state index contributed by atoms with van der Waals surface area (Å²) in [5.41, 5.74) is -0.228. The Balaban J connectivity index is 1.45. The number of Topliss-reactive ketones (excluding diaryl/α,β-unsaturated/α-hetero) is 1. The summed E-state index contributed by atoms with van der Waals surface area (Å²) in [6, 6.07) is 1.68. The number of hydrogen-bond acceptors (Lipinski definition) is 9. The molecule has 4 atom stereocenters. The predicted octanol–water partition coefficient (Wildman–Crippen LogP) is 1.17. The molecule has 2 bridgehead atoms. The average Bonchev–Trinajstić information content (AvgIpc) is 3.53. The number of likely N-dealkylation sites (N-methyl/N-ethyl adjacent to an activating group) is 1. The summed E-state index contributed by atoms with van der Waals surface area (Å²) in [6.45, 7) is 8.10. The molecule has 13 nitrogen and oxygen atoms in total. The highest BCUT2D eigenvalue weighted by Gasteiger charge is 2.61. The first-order chi connectivity index (χ1) is 19.8. The van der Waals surface area contributed by atoms with Gasteiger partial charge in [0.25, 0.3) is 17.4 Å². The van der Waals surface area contributed by atoms with Crippen LogP contribution in [-0.2, 0) is 25.7 Å². The second-order valence-electron chi connectivity index (χ2n) is 11.8. The Labute approximate surface area is 247 Å². The van der Waals surface area contributed by atoms with Crippen molar-refractivity contribution >= 4 is 46.6 Å². The molecule has 4 N–H and O–H groups in total. The molecule has 0 saturated heterocycles. The molecular formula is C28H37N7O6S. The van der Waals surface area contributed by atoms with Gasteiger partial charge in [-0.15, -0.1) is 5.10 Å². The summed E-state index contributed by atoms with van der Waals surface area (Å²) in [7, 11) is 1.31. The lowest BCUT2D eigenvalue weighted by Gasteiger charge is -2.39. The third-order valence-electron chi connectivity index (χ3n) is 9.34. The Bertz CT molecular complexity index is 1470. The maximum atomic E-state index is 13.2. The number of nitrogens with zero attached hydrogens (tertiary/aromatic N) is 3. The first kappa shape index (κ1) is 31.0. The lowest BCUT2D eigenvalue weighted by molar-refractivity contribution is -0.137. The van der Waals surface area contributed by atoms with Crippen molar-refractivity contribution in [3.63, 3.8) is 0 Å². The van der Waals surface area contributed by atoms with Crippen LogP contribution in [0.4, 0.5) is 5.69 Å². The van der Waals surface area contributed by atoms with Gasteiger partial charge in [-0.05, 0) is 73.0 Å². The number of carbonyl (C=O) groups is 5. The molecule has 4 rings (SSSR count). The van der Waals surface area contributed by atoms with E-state index in [1.165, 1.54) is 29.9 Å². The van der Waals surface area contributed by atoms with Crippen molar-refractivity contribution in [1.29, 1.82) is 0 Å². The second kappa shape index (κ2) is 12.1. The molecule has 14 heteroatoms. The van der Waals surface area contributed by atoms with E-state index in [1.54, 1.807) is 6.92 Å². The highest BCUT2D eigenvalue weighted by molar-refractivity contribution is 7.08. The minimum absolute atomic E-state index is 0.0134. The smallest absolute Gasteiger partial charge is 0.287 e. The molecular weight excluding hydrogens is 562 g/mol. The highest BCUT2D eigenvalue weighted by Crippen LogP contribution is 2.65. The Kier molecular flexibility index (Phi) is 8.95. The van der Waals surface area contributed by atoms with Gasteiger partial charge in [-0.2, -0.15) is 0 Å². The van der Waals surface area contributed by atoms with Crippen molar-refractivity contribution < 1.29 is 24.0 Å². The number of rotatable bonds is 11. The van der Waals surface area contributed by atoms with Gasteiger partial charge in [0.15, 0.2) is 0 Å². The number of aromatic nitrogens is 3. The first-order valence-corrected chi connectivity index (χ1v) is 14.7. The highest BCUT2D eigenvalue weighted by atomic mass is 32.1. The number of anilines is 1. The molecule has 0 spiro atoms. The van der Waals surface area contributed by atoms with Crippen molar-refractivity contribution in [3.8, 4) is 0 Å². The number of pyridine rings is 1. The third kappa shape index (κ3) is 5.98. The zero-order valence-corrected chi connectivity index (χ0v) is 25.2. The van der Waals surface area contributed by atoms with Gasteiger partial charge in [-0.25, -0.2) is 0 Å². The molecule has 42 heavy (non-hydrogen) atoms. The number of amides is 4. The maximum absolute atomic E-state index is 13.2. The third-order valence-corrected chi connectivity index (χ3v) is 10.2. The van der Waals surface area contributed by atoms with E-state index in [4.69, 9.17) is 0 Å². The van der Waals surface area contributed by atoms with Gasteiger partial charge in [-0.1, -0.05) is 25.3 Å². The van der Waals surface area contributed by atoms with E-state index in [2.05, 4.69) is 51.6 Å². The van der Waals surface area contributed by atoms with Gasteiger partial charge in [0.05, 0.1) is 5.69 Å². The van der Waals surface area contributed by atoms with Crippen LogP contribution in [0.3, 0.4) is 0 Å². The Hall–Kier alpha value is -3.94. The molecule has 4 amide bonds. The molecule has 2 aromatic rings. The lowest BCUT2D eigenvalue weighted by Crippen LogP contribution is -2.48. The van der Waals surface area contributed by atoms with E-state index >= 15 is 0 Å². The van der Waals surface area contributed by atoms with Gasteiger partial charge in [-0.3, -0.25) is 28.8 Å². The molecule has 2 saturated carbocycles. The largest absolute Gasteiger partial charge is 0.353 e. The Morgan fingerprint density at radius 1 is 1.19 bits per heavy atom. The number of aryl methyl sites for hydroxylation is 1. The van der Waals surface area contributed by atoms with E-state index in [0.717, 1.165) is 30.8 Å². The van der Waals surface area contributed by atoms with Crippen LogP contribution in [0.25, 0.3) is 0 Å². The van der Waals surface area contributed by atoms with E-state index < -0.39 is 35.1 Å². The van der Waals surface area contributed by atoms with Crippen LogP contribution in [0.1, 0.15) is 68.2 Å². The molecule has 0 aliphatic heterocycles. The number of fused-ring (bicyclic) bond motifs is 2. The van der Waals surface area contributed by atoms with E-state index in [1.807, 2.05) is 0 Å². The fourth-order valence-corrected chi connectivity index (χ4v) is 6.81. The van der Waals surface area contributed by atoms with Gasteiger partial charge >= 0.3 is 0 Å². The van der Waals surface area contributed by atoms with Crippen LogP contribution in [-0.4, -0.2) is 62.7 Å². The summed E-state index contributed by atoms with van der Waals surface area (Å²) in [5.74, 6) is -2.72. The Morgan fingerprint density at radius 3 is 2.52 bits per heavy atom. The molecule has 0 radical (unpaired) electrons. The second-order valence-corrected chi connectivity index (χ2v) is 12.6. The van der Waals surface area contributed by atoms with Crippen LogP contribution in [0.2, 0.25) is 0 Å². The number of ketones is 1. The number of carbonyl (C=O) groups excluding carboxylic acids is 5. The Morgan fingerprint density at radius 2 is 1.93 bits per heavy atom. The zero-order valence-electron chi connectivity index (χ0n) is 24.4. The average molecular weight is 600 g/mol. The van der Waals surface area contributed by atoms with Crippen molar-refractivity contribution in [2.75, 3.05) is 12.4 Å². The van der Waals surface area contributed by atoms with Crippen molar-refractivity contribution in [2.24, 2.45) is 16.7 Å².